The molecule has 2 heteroatoms. The molecule has 1 heterocycles. The summed E-state index contributed by atoms with van der Waals surface area (Å²) < 4.78 is 0. The lowest BCUT2D eigenvalue weighted by Gasteiger charge is -2.27. The summed E-state index contributed by atoms with van der Waals surface area (Å²) in [4.78, 5) is 5.44. The average Bonchev–Trinajstić information content (AvgIpc) is 2.94. The van der Waals surface area contributed by atoms with Gasteiger partial charge in [0.15, 0.2) is 0 Å². The third kappa shape index (κ3) is 4.89. The van der Waals surface area contributed by atoms with Gasteiger partial charge in [0.2, 0.25) is 0 Å². The minimum absolute atomic E-state index is 1.25. The first-order valence-corrected chi connectivity index (χ1v) is 14.2. The van der Waals surface area contributed by atoms with E-state index in [1.165, 1.54) is 64.9 Å². The Morgan fingerprint density at radius 3 is 1.11 bits per heavy atom. The summed E-state index contributed by atoms with van der Waals surface area (Å²) in [6.07, 6.45) is 1.25. The Kier molecular flexibility index (Phi) is 7.65. The van der Waals surface area contributed by atoms with Gasteiger partial charge in [-0.2, -0.15) is 0 Å². The fourth-order valence-electron chi connectivity index (χ4n) is 4.39. The van der Waals surface area contributed by atoms with E-state index in [1.54, 1.807) is 0 Å². The molecule has 0 bridgehead atoms. The van der Waals surface area contributed by atoms with Crippen LogP contribution < -0.4 is 0 Å². The lowest BCUT2D eigenvalue weighted by molar-refractivity contribution is 1.09. The van der Waals surface area contributed by atoms with Gasteiger partial charge in [-0.05, 0) is 45.9 Å². The summed E-state index contributed by atoms with van der Waals surface area (Å²) in [6, 6.07) is 41.4. The van der Waals surface area contributed by atoms with Crippen molar-refractivity contribution in [1.82, 2.24) is 0 Å². The van der Waals surface area contributed by atoms with E-state index in [9.17, 15) is 0 Å². The van der Waals surface area contributed by atoms with Crippen molar-refractivity contribution >= 4 is 23.5 Å². The Morgan fingerprint density at radius 2 is 0.722 bits per heavy atom. The molecule has 0 nitrogen and oxygen atoms in total. The highest BCUT2D eigenvalue weighted by molar-refractivity contribution is 8.05. The molecule has 0 N–H and O–H groups in total. The first-order valence-electron chi connectivity index (χ1n) is 12.5. The van der Waals surface area contributed by atoms with Crippen molar-refractivity contribution in [2.24, 2.45) is 0 Å². The molecule has 0 unspecified atom stereocenters. The second-order valence-electron chi connectivity index (χ2n) is 8.92. The van der Waals surface area contributed by atoms with Crippen molar-refractivity contribution in [3.05, 3.63) is 121 Å². The van der Waals surface area contributed by atoms with E-state index in [2.05, 4.69) is 136 Å². The summed E-state index contributed by atoms with van der Waals surface area (Å²) in [6.45, 7) is 6.48. The van der Waals surface area contributed by atoms with Gasteiger partial charge in [-0.3, -0.25) is 0 Å². The van der Waals surface area contributed by atoms with Gasteiger partial charge < -0.3 is 0 Å². The average molecular weight is 503 g/mol. The maximum atomic E-state index is 2.30. The Labute approximate surface area is 223 Å². The predicted molar refractivity (Wildman–Crippen MR) is 158 cm³/mol. The number of fused-ring (bicyclic) bond motifs is 2. The van der Waals surface area contributed by atoms with E-state index >= 15 is 0 Å². The van der Waals surface area contributed by atoms with Crippen LogP contribution in [0.5, 0.6) is 0 Å². The molecule has 1 aliphatic heterocycles. The Hall–Kier alpha value is -3.20. The molecule has 0 aromatic heterocycles. The fourth-order valence-corrected chi connectivity index (χ4v) is 7.28. The lowest BCUT2D eigenvalue weighted by Crippen LogP contribution is -1.99. The van der Waals surface area contributed by atoms with E-state index in [1.807, 2.05) is 23.5 Å². The molecule has 1 aliphatic rings. The normalized spacial score (nSPS) is 11.6. The van der Waals surface area contributed by atoms with Gasteiger partial charge >= 0.3 is 0 Å². The highest BCUT2D eigenvalue weighted by atomic mass is 32.2. The van der Waals surface area contributed by atoms with E-state index in [-0.39, 0.29) is 0 Å². The van der Waals surface area contributed by atoms with Gasteiger partial charge in [-0.1, -0.05) is 159 Å². The second-order valence-corrected chi connectivity index (χ2v) is 11.0. The largest absolute Gasteiger partial charge is 0.0867 e. The van der Waals surface area contributed by atoms with Crippen molar-refractivity contribution in [3.63, 3.8) is 0 Å². The Balaban J connectivity index is 0.000000848. The molecule has 178 valence electrons. The van der Waals surface area contributed by atoms with Crippen LogP contribution in [0, 0.1) is 6.92 Å². The van der Waals surface area contributed by atoms with E-state index < -0.39 is 0 Å². The summed E-state index contributed by atoms with van der Waals surface area (Å²) in [7, 11) is 0. The molecule has 0 saturated heterocycles. The van der Waals surface area contributed by atoms with Gasteiger partial charge in [0.1, 0.15) is 0 Å². The van der Waals surface area contributed by atoms with Crippen LogP contribution in [0.2, 0.25) is 0 Å². The maximum Gasteiger partial charge on any atom is 0.0347 e. The summed E-state index contributed by atoms with van der Waals surface area (Å²) in [5.41, 5.74) is 9.04. The zero-order valence-electron chi connectivity index (χ0n) is 21.0. The van der Waals surface area contributed by atoms with Crippen LogP contribution in [0.15, 0.2) is 135 Å². The first kappa shape index (κ1) is 24.5. The van der Waals surface area contributed by atoms with E-state index in [0.29, 0.717) is 0 Å². The molecule has 0 atom stereocenters. The molecular formula is C34H30S2. The smallest absolute Gasteiger partial charge is 0.0347 e. The second kappa shape index (κ2) is 11.2. The molecule has 0 saturated carbocycles. The van der Waals surface area contributed by atoms with Gasteiger partial charge in [-0.25, -0.2) is 0 Å². The van der Waals surface area contributed by atoms with E-state index in [4.69, 9.17) is 0 Å². The number of benzene rings is 5. The molecule has 36 heavy (non-hydrogen) atoms. The monoisotopic (exact) mass is 502 g/mol. The number of rotatable bonds is 3. The van der Waals surface area contributed by atoms with Crippen LogP contribution in [0.25, 0.3) is 33.4 Å². The molecule has 0 aliphatic carbocycles. The first-order chi connectivity index (χ1) is 17.7. The minimum atomic E-state index is 1.25. The molecule has 0 fully saturated rings. The summed E-state index contributed by atoms with van der Waals surface area (Å²) >= 11 is 3.86. The van der Waals surface area contributed by atoms with Crippen molar-refractivity contribution < 1.29 is 0 Å². The number of aryl methyl sites for hydroxylation is 1. The third-order valence-corrected chi connectivity index (χ3v) is 8.96. The highest BCUT2D eigenvalue weighted by Crippen LogP contribution is 2.57. The SMILES string of the molecule is CCC.Cc1ccc(-c2ccccc2)c2c1Sc1c(-c3ccccc3)ccc(-c3ccccc3)c1S2. The Morgan fingerprint density at radius 1 is 0.417 bits per heavy atom. The molecule has 5 aromatic carbocycles. The van der Waals surface area contributed by atoms with Crippen molar-refractivity contribution in [3.8, 4) is 33.4 Å². The van der Waals surface area contributed by atoms with Crippen LogP contribution in [0.4, 0.5) is 0 Å². The van der Waals surface area contributed by atoms with Gasteiger partial charge in [0.05, 0.1) is 0 Å². The quantitative estimate of drug-likeness (QED) is 0.236. The summed E-state index contributed by atoms with van der Waals surface area (Å²) in [5.74, 6) is 0. The molecule has 5 aromatic rings. The zero-order chi connectivity index (χ0) is 24.9. The van der Waals surface area contributed by atoms with Crippen molar-refractivity contribution in [1.29, 1.82) is 0 Å². The van der Waals surface area contributed by atoms with Gasteiger partial charge in [0.25, 0.3) is 0 Å². The minimum Gasteiger partial charge on any atom is -0.0867 e. The molecular weight excluding hydrogens is 473 g/mol. The van der Waals surface area contributed by atoms with Crippen LogP contribution >= 0.6 is 23.5 Å². The van der Waals surface area contributed by atoms with Gasteiger partial charge in [-0.15, -0.1) is 0 Å². The zero-order valence-corrected chi connectivity index (χ0v) is 22.6. The molecule has 0 amide bonds. The van der Waals surface area contributed by atoms with Crippen LogP contribution in [-0.4, -0.2) is 0 Å². The predicted octanol–water partition coefficient (Wildman–Crippen LogP) is 11.0. The van der Waals surface area contributed by atoms with Crippen LogP contribution in [0.1, 0.15) is 25.8 Å². The Bertz CT molecular complexity index is 1460. The molecule has 0 radical (unpaired) electrons. The highest BCUT2D eigenvalue weighted by Gasteiger charge is 2.27. The number of hydrogen-bond donors (Lipinski definition) is 0. The molecule has 6 rings (SSSR count). The van der Waals surface area contributed by atoms with Crippen molar-refractivity contribution in [2.75, 3.05) is 0 Å². The van der Waals surface area contributed by atoms with Crippen molar-refractivity contribution in [2.45, 2.75) is 46.8 Å². The van der Waals surface area contributed by atoms with Gasteiger partial charge in [0, 0.05) is 19.6 Å². The lowest BCUT2D eigenvalue weighted by atomic mass is 10.00. The fraction of sp³-hybridized carbons (Fsp3) is 0.118. The standard InChI is InChI=1S/C31H22S2.C3H8/c1-21-17-18-25(22-11-5-2-6-12-22)29-28(21)32-30-26(23-13-7-3-8-14-23)19-20-27(31(30)33-29)24-15-9-4-10-16-24;1-3-2/h2-20H,1H3;3H2,1-2H3. The number of hydrogen-bond acceptors (Lipinski definition) is 2. The van der Waals surface area contributed by atoms with E-state index in [0.717, 1.165) is 0 Å². The maximum absolute atomic E-state index is 2.30. The van der Waals surface area contributed by atoms with Crippen LogP contribution in [0.3, 0.4) is 0 Å². The van der Waals surface area contributed by atoms with Crippen LogP contribution in [-0.2, 0) is 0 Å². The summed E-state index contributed by atoms with van der Waals surface area (Å²) in [5, 5.41) is 0. The topological polar surface area (TPSA) is 0 Å². The molecule has 0 spiro atoms. The third-order valence-electron chi connectivity index (χ3n) is 6.08.